The lowest BCUT2D eigenvalue weighted by molar-refractivity contribution is -0.118. The van der Waals surface area contributed by atoms with Gasteiger partial charge in [0.15, 0.2) is 0 Å². The molecule has 0 aliphatic carbocycles. The predicted molar refractivity (Wildman–Crippen MR) is 117 cm³/mol. The summed E-state index contributed by atoms with van der Waals surface area (Å²) in [7, 11) is 0. The quantitative estimate of drug-likeness (QED) is 0.604. The Labute approximate surface area is 179 Å². The number of anilines is 2. The van der Waals surface area contributed by atoms with E-state index in [4.69, 9.17) is 17.3 Å². The van der Waals surface area contributed by atoms with Crippen LogP contribution in [0.1, 0.15) is 27.3 Å². The normalized spacial score (nSPS) is 10.5. The maximum absolute atomic E-state index is 13.2. The van der Waals surface area contributed by atoms with Crippen LogP contribution in [0.15, 0.2) is 54.6 Å². The molecule has 8 heteroatoms. The summed E-state index contributed by atoms with van der Waals surface area (Å²) in [6.07, 6.45) is 0. The van der Waals surface area contributed by atoms with Gasteiger partial charge in [-0.25, -0.2) is 9.97 Å². The topological polar surface area (TPSA) is 101 Å². The molecular formula is C22H22ClN5O2. The molecule has 0 bridgehead atoms. The molecule has 2 aromatic carbocycles. The number of amides is 2. The van der Waals surface area contributed by atoms with Gasteiger partial charge in [-0.2, -0.15) is 0 Å². The monoisotopic (exact) mass is 423 g/mol. The highest BCUT2D eigenvalue weighted by molar-refractivity contribution is 6.34. The number of aryl methyl sites for hydroxylation is 2. The van der Waals surface area contributed by atoms with Gasteiger partial charge in [0.05, 0.1) is 17.1 Å². The summed E-state index contributed by atoms with van der Waals surface area (Å²) < 4.78 is 0. The zero-order valence-corrected chi connectivity index (χ0v) is 17.5. The Hall–Kier alpha value is -3.45. The maximum atomic E-state index is 13.2. The van der Waals surface area contributed by atoms with E-state index in [1.54, 1.807) is 18.2 Å². The van der Waals surface area contributed by atoms with Gasteiger partial charge in [0.25, 0.3) is 5.91 Å². The number of nitrogens with two attached hydrogens (primary N) is 1. The van der Waals surface area contributed by atoms with E-state index in [1.165, 1.54) is 4.90 Å². The summed E-state index contributed by atoms with van der Waals surface area (Å²) in [6.45, 7) is 3.77. The average Bonchev–Trinajstić information content (AvgIpc) is 2.68. The fourth-order valence-electron chi connectivity index (χ4n) is 3.04. The third-order valence-electron chi connectivity index (χ3n) is 4.29. The molecule has 0 atom stereocenters. The lowest BCUT2D eigenvalue weighted by atomic mass is 10.1. The average molecular weight is 424 g/mol. The highest BCUT2D eigenvalue weighted by atomic mass is 35.5. The number of nitrogens with zero attached hydrogens (tertiary/aromatic N) is 3. The minimum absolute atomic E-state index is 0.220. The van der Waals surface area contributed by atoms with Crippen molar-refractivity contribution in [1.82, 2.24) is 14.9 Å². The van der Waals surface area contributed by atoms with Gasteiger partial charge in [-0.1, -0.05) is 41.9 Å². The van der Waals surface area contributed by atoms with Gasteiger partial charge in [-0.15, -0.1) is 0 Å². The van der Waals surface area contributed by atoms with Crippen molar-refractivity contribution >= 4 is 35.1 Å². The van der Waals surface area contributed by atoms with Crippen LogP contribution in [0.4, 0.5) is 11.6 Å². The molecule has 0 fully saturated rings. The van der Waals surface area contributed by atoms with Crippen molar-refractivity contribution in [1.29, 1.82) is 0 Å². The highest BCUT2D eigenvalue weighted by Crippen LogP contribution is 2.24. The second-order valence-electron chi connectivity index (χ2n) is 6.91. The third-order valence-corrected chi connectivity index (χ3v) is 4.61. The number of aromatic nitrogens is 2. The van der Waals surface area contributed by atoms with Crippen LogP contribution >= 0.6 is 11.6 Å². The fraction of sp³-hybridized carbons (Fsp3) is 0.182. The molecule has 30 heavy (non-hydrogen) atoms. The van der Waals surface area contributed by atoms with Crippen molar-refractivity contribution < 1.29 is 9.59 Å². The van der Waals surface area contributed by atoms with Crippen LogP contribution in [0.25, 0.3) is 0 Å². The molecule has 0 radical (unpaired) electrons. The van der Waals surface area contributed by atoms with Crippen molar-refractivity contribution in [2.75, 3.05) is 11.9 Å². The maximum Gasteiger partial charge on any atom is 0.256 e. The minimum atomic E-state index is -0.603. The summed E-state index contributed by atoms with van der Waals surface area (Å²) in [5.41, 5.74) is 8.75. The van der Waals surface area contributed by atoms with E-state index < -0.39 is 11.8 Å². The van der Waals surface area contributed by atoms with Gasteiger partial charge >= 0.3 is 0 Å². The predicted octanol–water partition coefficient (Wildman–Crippen LogP) is 3.62. The zero-order chi connectivity index (χ0) is 21.7. The molecule has 1 heterocycles. The number of rotatable bonds is 7. The first-order chi connectivity index (χ1) is 14.3. The molecule has 3 N–H and O–H groups in total. The Balaban J connectivity index is 1.88. The van der Waals surface area contributed by atoms with E-state index in [1.807, 2.05) is 50.2 Å². The number of nitrogens with one attached hydrogen (secondary N) is 1. The van der Waals surface area contributed by atoms with Crippen LogP contribution < -0.4 is 11.1 Å². The molecule has 0 spiro atoms. The zero-order valence-electron chi connectivity index (χ0n) is 16.7. The number of halogens is 1. The van der Waals surface area contributed by atoms with Gasteiger partial charge in [0.2, 0.25) is 11.9 Å². The number of carbonyl (C=O) groups excluding carboxylic acids is 2. The van der Waals surface area contributed by atoms with Crippen LogP contribution in [0.5, 0.6) is 0 Å². The largest absolute Gasteiger partial charge is 0.368 e. The van der Waals surface area contributed by atoms with Gasteiger partial charge in [0, 0.05) is 23.6 Å². The first-order valence-corrected chi connectivity index (χ1v) is 9.70. The van der Waals surface area contributed by atoms with E-state index >= 15 is 0 Å². The summed E-state index contributed by atoms with van der Waals surface area (Å²) in [5, 5.41) is 3.37. The Morgan fingerprint density at radius 1 is 1.03 bits per heavy atom. The van der Waals surface area contributed by atoms with Crippen LogP contribution in [0.3, 0.4) is 0 Å². The third kappa shape index (κ3) is 5.55. The first kappa shape index (κ1) is 21.3. The molecule has 1 aromatic heterocycles. The van der Waals surface area contributed by atoms with Crippen LogP contribution in [-0.4, -0.2) is 33.2 Å². The van der Waals surface area contributed by atoms with Gasteiger partial charge in [-0.3, -0.25) is 9.59 Å². The standard InChI is InChI=1S/C22H22ClN5O2/c1-14-10-15(2)26-22(25-14)27-17-8-9-19(23)18(11-17)21(30)28(13-20(24)29)12-16-6-4-3-5-7-16/h3-11H,12-13H2,1-2H3,(H2,24,29)(H,25,26,27). The number of hydrogen-bond acceptors (Lipinski definition) is 5. The van der Waals surface area contributed by atoms with Crippen molar-refractivity contribution in [3.63, 3.8) is 0 Å². The molecule has 2 amide bonds. The van der Waals surface area contributed by atoms with Crippen molar-refractivity contribution in [2.24, 2.45) is 5.73 Å². The molecule has 3 rings (SSSR count). The molecule has 7 nitrogen and oxygen atoms in total. The van der Waals surface area contributed by atoms with Crippen molar-refractivity contribution in [3.8, 4) is 0 Å². The van der Waals surface area contributed by atoms with Crippen LogP contribution in [0.2, 0.25) is 5.02 Å². The molecule has 0 aliphatic heterocycles. The van der Waals surface area contributed by atoms with Crippen LogP contribution in [-0.2, 0) is 11.3 Å². The Morgan fingerprint density at radius 3 is 2.33 bits per heavy atom. The lowest BCUT2D eigenvalue weighted by Gasteiger charge is -2.22. The van der Waals surface area contributed by atoms with E-state index in [2.05, 4.69) is 15.3 Å². The minimum Gasteiger partial charge on any atom is -0.368 e. The lowest BCUT2D eigenvalue weighted by Crippen LogP contribution is -2.38. The van der Waals surface area contributed by atoms with Gasteiger partial charge in [0.1, 0.15) is 0 Å². The highest BCUT2D eigenvalue weighted by Gasteiger charge is 2.21. The Kier molecular flexibility index (Phi) is 6.64. The van der Waals surface area contributed by atoms with E-state index in [0.717, 1.165) is 17.0 Å². The van der Waals surface area contributed by atoms with Gasteiger partial charge in [-0.05, 0) is 43.7 Å². The van der Waals surface area contributed by atoms with E-state index in [0.29, 0.717) is 11.6 Å². The molecule has 0 unspecified atom stereocenters. The number of carbonyl (C=O) groups is 2. The van der Waals surface area contributed by atoms with Crippen LogP contribution in [0, 0.1) is 13.8 Å². The molecule has 154 valence electrons. The summed E-state index contributed by atoms with van der Waals surface area (Å²) >= 11 is 6.31. The van der Waals surface area contributed by atoms with Gasteiger partial charge < -0.3 is 16.0 Å². The first-order valence-electron chi connectivity index (χ1n) is 9.32. The number of hydrogen-bond donors (Lipinski definition) is 2. The molecular weight excluding hydrogens is 402 g/mol. The Morgan fingerprint density at radius 2 is 1.70 bits per heavy atom. The Bertz CT molecular complexity index is 1050. The second-order valence-corrected chi connectivity index (χ2v) is 7.31. The molecule has 0 saturated carbocycles. The molecule has 3 aromatic rings. The van der Waals surface area contributed by atoms with Crippen molar-refractivity contribution in [2.45, 2.75) is 20.4 Å². The SMILES string of the molecule is Cc1cc(C)nc(Nc2ccc(Cl)c(C(=O)N(CC(N)=O)Cc3ccccc3)c2)n1. The fourth-order valence-corrected chi connectivity index (χ4v) is 3.24. The smallest absolute Gasteiger partial charge is 0.256 e. The summed E-state index contributed by atoms with van der Waals surface area (Å²) in [5.74, 6) is -0.576. The number of primary amides is 1. The number of benzene rings is 2. The van der Waals surface area contributed by atoms with E-state index in [-0.39, 0.29) is 23.7 Å². The molecule has 0 saturated heterocycles. The van der Waals surface area contributed by atoms with Crippen molar-refractivity contribution in [3.05, 3.63) is 82.1 Å². The molecule has 0 aliphatic rings. The summed E-state index contributed by atoms with van der Waals surface area (Å²) in [4.78, 5) is 34.8. The second kappa shape index (κ2) is 9.37. The summed E-state index contributed by atoms with van der Waals surface area (Å²) in [6, 6.07) is 16.2. The van der Waals surface area contributed by atoms with E-state index in [9.17, 15) is 9.59 Å².